The number of hydrogen-bond donors (Lipinski definition) is 0. The first-order chi connectivity index (χ1) is 13.2. The van der Waals surface area contributed by atoms with Crippen molar-refractivity contribution >= 4 is 11.6 Å². The number of hydrogen-bond acceptors (Lipinski definition) is 4. The summed E-state index contributed by atoms with van der Waals surface area (Å²) in [6.07, 6.45) is 0.619. The van der Waals surface area contributed by atoms with Crippen molar-refractivity contribution in [2.45, 2.75) is 12.5 Å². The average molecular weight is 370 g/mol. The molecule has 2 aliphatic heterocycles. The molecule has 2 fully saturated rings. The van der Waals surface area contributed by atoms with E-state index in [0.29, 0.717) is 37.6 Å². The zero-order valence-electron chi connectivity index (χ0n) is 15.1. The molecule has 0 N–H and O–H groups in total. The number of para-hydroxylation sites is 1. The Hall–Kier alpha value is -2.60. The van der Waals surface area contributed by atoms with E-state index < -0.39 is 0 Å². The van der Waals surface area contributed by atoms with Gasteiger partial charge in [0.25, 0.3) is 5.91 Å². The molecule has 0 aromatic heterocycles. The molecule has 142 valence electrons. The fraction of sp³-hybridized carbons (Fsp3) is 0.381. The molecule has 2 aromatic rings. The van der Waals surface area contributed by atoms with Crippen LogP contribution in [0.5, 0.6) is 5.75 Å². The van der Waals surface area contributed by atoms with E-state index in [2.05, 4.69) is 4.90 Å². The molecule has 6 heteroatoms. The van der Waals surface area contributed by atoms with Gasteiger partial charge in [-0.1, -0.05) is 18.2 Å². The predicted octanol–water partition coefficient (Wildman–Crippen LogP) is 2.96. The molecule has 0 aliphatic carbocycles. The second-order valence-electron chi connectivity index (χ2n) is 6.85. The van der Waals surface area contributed by atoms with Crippen molar-refractivity contribution in [2.75, 3.05) is 44.3 Å². The van der Waals surface area contributed by atoms with Crippen LogP contribution in [-0.4, -0.2) is 56.3 Å². The van der Waals surface area contributed by atoms with Gasteiger partial charge in [0.2, 0.25) is 0 Å². The van der Waals surface area contributed by atoms with Crippen LogP contribution in [0.3, 0.4) is 0 Å². The molecular formula is C21H23FN2O3. The van der Waals surface area contributed by atoms with Gasteiger partial charge in [0.1, 0.15) is 17.7 Å². The van der Waals surface area contributed by atoms with Crippen molar-refractivity contribution in [3.8, 4) is 5.75 Å². The Morgan fingerprint density at radius 2 is 1.89 bits per heavy atom. The molecule has 0 saturated carbocycles. The molecule has 2 aliphatic rings. The number of anilines is 1. The van der Waals surface area contributed by atoms with Gasteiger partial charge in [0, 0.05) is 37.8 Å². The Kier molecular flexibility index (Phi) is 5.25. The second-order valence-corrected chi connectivity index (χ2v) is 6.85. The Balaban J connectivity index is 1.45. The van der Waals surface area contributed by atoms with Crippen molar-refractivity contribution in [3.05, 3.63) is 59.9 Å². The van der Waals surface area contributed by atoms with E-state index in [0.717, 1.165) is 25.2 Å². The molecule has 4 rings (SSSR count). The van der Waals surface area contributed by atoms with Gasteiger partial charge >= 0.3 is 0 Å². The van der Waals surface area contributed by atoms with E-state index in [-0.39, 0.29) is 17.8 Å². The van der Waals surface area contributed by atoms with E-state index in [1.165, 1.54) is 12.1 Å². The topological polar surface area (TPSA) is 42.0 Å². The summed E-state index contributed by atoms with van der Waals surface area (Å²) in [5.74, 6) is 0.198. The smallest absolute Gasteiger partial charge is 0.256 e. The summed E-state index contributed by atoms with van der Waals surface area (Å²) in [5.41, 5.74) is 1.67. The SMILES string of the molecule is O=C(c1ccccc1N1CCOCC1)N1CCC(Oc2cccc(F)c2)C1. The van der Waals surface area contributed by atoms with E-state index >= 15 is 0 Å². The third kappa shape index (κ3) is 4.06. The summed E-state index contributed by atoms with van der Waals surface area (Å²) < 4.78 is 24.6. The highest BCUT2D eigenvalue weighted by atomic mass is 19.1. The standard InChI is InChI=1S/C21H23FN2O3/c22-16-4-3-5-17(14-16)27-18-8-9-24(15-18)21(25)19-6-1-2-7-20(19)23-10-12-26-13-11-23/h1-7,14,18H,8-13,15H2. The van der Waals surface area contributed by atoms with E-state index in [9.17, 15) is 9.18 Å². The van der Waals surface area contributed by atoms with Gasteiger partial charge in [-0.25, -0.2) is 4.39 Å². The molecule has 1 unspecified atom stereocenters. The van der Waals surface area contributed by atoms with Gasteiger partial charge in [0.15, 0.2) is 0 Å². The van der Waals surface area contributed by atoms with Crippen molar-refractivity contribution in [2.24, 2.45) is 0 Å². The monoisotopic (exact) mass is 370 g/mol. The van der Waals surface area contributed by atoms with Crippen molar-refractivity contribution in [1.29, 1.82) is 0 Å². The molecule has 0 spiro atoms. The average Bonchev–Trinajstić information content (AvgIpc) is 3.16. The summed E-state index contributed by atoms with van der Waals surface area (Å²) in [7, 11) is 0. The second kappa shape index (κ2) is 7.96. The Bertz CT molecular complexity index is 808. The first kappa shape index (κ1) is 17.8. The summed E-state index contributed by atoms with van der Waals surface area (Å²) in [6.45, 7) is 4.07. The predicted molar refractivity (Wildman–Crippen MR) is 101 cm³/mol. The van der Waals surface area contributed by atoms with Crippen LogP contribution in [0.2, 0.25) is 0 Å². The minimum atomic E-state index is -0.321. The number of ether oxygens (including phenoxy) is 2. The van der Waals surface area contributed by atoms with Crippen LogP contribution in [0.4, 0.5) is 10.1 Å². The molecule has 1 atom stereocenters. The van der Waals surface area contributed by atoms with Crippen LogP contribution >= 0.6 is 0 Å². The lowest BCUT2D eigenvalue weighted by molar-refractivity contribution is 0.0771. The van der Waals surface area contributed by atoms with Gasteiger partial charge in [-0.05, 0) is 24.3 Å². The van der Waals surface area contributed by atoms with Crippen LogP contribution in [-0.2, 0) is 4.74 Å². The van der Waals surface area contributed by atoms with E-state index in [1.807, 2.05) is 29.2 Å². The van der Waals surface area contributed by atoms with Gasteiger partial charge in [-0.2, -0.15) is 0 Å². The van der Waals surface area contributed by atoms with Crippen molar-refractivity contribution in [3.63, 3.8) is 0 Å². The number of nitrogens with zero attached hydrogens (tertiary/aromatic N) is 2. The highest BCUT2D eigenvalue weighted by Crippen LogP contribution is 2.26. The Morgan fingerprint density at radius 3 is 2.70 bits per heavy atom. The molecule has 2 saturated heterocycles. The largest absolute Gasteiger partial charge is 0.488 e. The Labute approximate surface area is 158 Å². The lowest BCUT2D eigenvalue weighted by Crippen LogP contribution is -2.38. The minimum absolute atomic E-state index is 0.0161. The summed E-state index contributed by atoms with van der Waals surface area (Å²) >= 11 is 0. The van der Waals surface area contributed by atoms with Gasteiger partial charge in [0.05, 0.1) is 25.3 Å². The highest BCUT2D eigenvalue weighted by molar-refractivity contribution is 6.00. The maximum Gasteiger partial charge on any atom is 0.256 e. The summed E-state index contributed by atoms with van der Waals surface area (Å²) in [4.78, 5) is 17.1. The molecule has 1 amide bonds. The fourth-order valence-electron chi connectivity index (χ4n) is 3.65. The fourth-order valence-corrected chi connectivity index (χ4v) is 3.65. The quantitative estimate of drug-likeness (QED) is 0.830. The summed E-state index contributed by atoms with van der Waals surface area (Å²) in [5, 5.41) is 0. The number of morpholine rings is 1. The number of amides is 1. The minimum Gasteiger partial charge on any atom is -0.488 e. The van der Waals surface area contributed by atoms with Gasteiger partial charge in [-0.15, -0.1) is 0 Å². The molecule has 2 aromatic carbocycles. The van der Waals surface area contributed by atoms with E-state index in [1.54, 1.807) is 12.1 Å². The number of rotatable bonds is 4. The number of carbonyl (C=O) groups is 1. The normalized spacial score (nSPS) is 20.0. The Morgan fingerprint density at radius 1 is 1.07 bits per heavy atom. The van der Waals surface area contributed by atoms with E-state index in [4.69, 9.17) is 9.47 Å². The lowest BCUT2D eigenvalue weighted by Gasteiger charge is -2.31. The number of halogens is 1. The van der Waals surface area contributed by atoms with Crippen LogP contribution in [0, 0.1) is 5.82 Å². The van der Waals surface area contributed by atoms with Gasteiger partial charge < -0.3 is 19.3 Å². The molecule has 0 radical (unpaired) electrons. The molecular weight excluding hydrogens is 347 g/mol. The first-order valence-corrected chi connectivity index (χ1v) is 9.34. The first-order valence-electron chi connectivity index (χ1n) is 9.34. The zero-order valence-corrected chi connectivity index (χ0v) is 15.1. The molecule has 0 bridgehead atoms. The van der Waals surface area contributed by atoms with Gasteiger partial charge in [-0.3, -0.25) is 4.79 Å². The van der Waals surface area contributed by atoms with Crippen LogP contribution < -0.4 is 9.64 Å². The van der Waals surface area contributed by atoms with Crippen molar-refractivity contribution in [1.82, 2.24) is 4.90 Å². The summed E-state index contributed by atoms with van der Waals surface area (Å²) in [6, 6.07) is 13.9. The molecule has 27 heavy (non-hydrogen) atoms. The third-order valence-electron chi connectivity index (χ3n) is 5.02. The highest BCUT2D eigenvalue weighted by Gasteiger charge is 2.30. The van der Waals surface area contributed by atoms with Crippen molar-refractivity contribution < 1.29 is 18.7 Å². The number of benzene rings is 2. The van der Waals surface area contributed by atoms with Crippen LogP contribution in [0.1, 0.15) is 16.8 Å². The van der Waals surface area contributed by atoms with Crippen LogP contribution in [0.15, 0.2) is 48.5 Å². The molecule has 5 nitrogen and oxygen atoms in total. The maximum absolute atomic E-state index is 13.3. The maximum atomic E-state index is 13.3. The zero-order chi connectivity index (χ0) is 18.6. The number of likely N-dealkylation sites (tertiary alicyclic amines) is 1. The molecule has 2 heterocycles. The third-order valence-corrected chi connectivity index (χ3v) is 5.02. The lowest BCUT2D eigenvalue weighted by atomic mass is 10.1. The number of carbonyl (C=O) groups excluding carboxylic acids is 1. The van der Waals surface area contributed by atoms with Crippen LogP contribution in [0.25, 0.3) is 0 Å².